The third-order valence-electron chi connectivity index (χ3n) is 4.85. The molecule has 0 N–H and O–H groups in total. The number of hydrogen-bond donors (Lipinski definition) is 0. The molecule has 1 atom stereocenters. The summed E-state index contributed by atoms with van der Waals surface area (Å²) in [5.74, 6) is 1.05. The van der Waals surface area contributed by atoms with Crippen LogP contribution in [0.15, 0.2) is 53.7 Å². The molecule has 158 valence electrons. The van der Waals surface area contributed by atoms with E-state index in [9.17, 15) is 13.2 Å². The van der Waals surface area contributed by atoms with Crippen molar-refractivity contribution in [2.75, 3.05) is 12.4 Å². The molecule has 9 heteroatoms. The molecule has 0 unspecified atom stereocenters. The average molecular weight is 454 g/mol. The van der Waals surface area contributed by atoms with E-state index in [0.717, 1.165) is 38.0 Å². The van der Waals surface area contributed by atoms with Gasteiger partial charge in [0.25, 0.3) is 0 Å². The minimum atomic E-state index is -4.45. The van der Waals surface area contributed by atoms with Gasteiger partial charge in [0.15, 0.2) is 11.0 Å². The molecule has 1 fully saturated rings. The predicted molar refractivity (Wildman–Crippen MR) is 111 cm³/mol. The summed E-state index contributed by atoms with van der Waals surface area (Å²) in [6.45, 7) is 0.733. The van der Waals surface area contributed by atoms with Crippen molar-refractivity contribution >= 4 is 23.4 Å². The van der Waals surface area contributed by atoms with Crippen LogP contribution in [0.1, 0.15) is 24.8 Å². The maximum atomic E-state index is 13.3. The van der Waals surface area contributed by atoms with Gasteiger partial charge in [0, 0.05) is 17.9 Å². The Bertz CT molecular complexity index is 1020. The van der Waals surface area contributed by atoms with E-state index < -0.39 is 11.7 Å². The summed E-state index contributed by atoms with van der Waals surface area (Å²) >= 11 is 7.77. The van der Waals surface area contributed by atoms with E-state index in [1.807, 2.05) is 0 Å². The largest absolute Gasteiger partial charge is 0.416 e. The zero-order chi connectivity index (χ0) is 21.1. The topological polar surface area (TPSA) is 39.9 Å². The number of rotatable bonds is 5. The van der Waals surface area contributed by atoms with Gasteiger partial charge in [-0.2, -0.15) is 13.2 Å². The van der Waals surface area contributed by atoms with E-state index >= 15 is 0 Å². The summed E-state index contributed by atoms with van der Waals surface area (Å²) in [5.41, 5.74) is 0.201. The third-order valence-corrected chi connectivity index (χ3v) is 6.24. The van der Waals surface area contributed by atoms with E-state index in [2.05, 4.69) is 10.2 Å². The van der Waals surface area contributed by atoms with Crippen LogP contribution in [-0.2, 0) is 10.9 Å². The normalized spacial score (nSPS) is 17.3. The summed E-state index contributed by atoms with van der Waals surface area (Å²) < 4.78 is 47.3. The first kappa shape index (κ1) is 21.2. The van der Waals surface area contributed by atoms with E-state index in [1.165, 1.54) is 17.8 Å². The Hall–Kier alpha value is -2.03. The molecule has 3 aromatic rings. The van der Waals surface area contributed by atoms with Gasteiger partial charge in [-0.05, 0) is 49.6 Å². The van der Waals surface area contributed by atoms with Gasteiger partial charge in [0.1, 0.15) is 0 Å². The van der Waals surface area contributed by atoms with E-state index in [1.54, 1.807) is 34.9 Å². The lowest BCUT2D eigenvalue weighted by Crippen LogP contribution is -2.21. The number of ether oxygens (including phenoxy) is 1. The third kappa shape index (κ3) is 4.66. The van der Waals surface area contributed by atoms with Gasteiger partial charge in [-0.25, -0.2) is 0 Å². The zero-order valence-corrected chi connectivity index (χ0v) is 17.5. The van der Waals surface area contributed by atoms with Gasteiger partial charge >= 0.3 is 6.18 Å². The van der Waals surface area contributed by atoms with E-state index in [0.29, 0.717) is 33.0 Å². The molecular formula is C21H19ClF3N3OS. The number of nitrogens with zero attached hydrogens (tertiary/aromatic N) is 3. The monoisotopic (exact) mass is 453 g/mol. The van der Waals surface area contributed by atoms with Crippen molar-refractivity contribution < 1.29 is 17.9 Å². The van der Waals surface area contributed by atoms with Crippen molar-refractivity contribution in [3.8, 4) is 17.1 Å². The molecule has 1 aliphatic rings. The van der Waals surface area contributed by atoms with E-state index in [4.69, 9.17) is 16.3 Å². The van der Waals surface area contributed by atoms with Crippen LogP contribution < -0.4 is 0 Å². The molecule has 0 saturated carbocycles. The Labute approximate surface area is 181 Å². The molecule has 0 amide bonds. The Kier molecular flexibility index (Phi) is 6.36. The van der Waals surface area contributed by atoms with Crippen LogP contribution in [0.5, 0.6) is 0 Å². The van der Waals surface area contributed by atoms with Crippen LogP contribution in [0.4, 0.5) is 13.2 Å². The molecule has 1 aliphatic heterocycles. The van der Waals surface area contributed by atoms with Crippen LogP contribution in [0.2, 0.25) is 5.02 Å². The van der Waals surface area contributed by atoms with Gasteiger partial charge in [0.2, 0.25) is 0 Å². The summed E-state index contributed by atoms with van der Waals surface area (Å²) in [6.07, 6.45) is -1.23. The minimum absolute atomic E-state index is 0.0965. The van der Waals surface area contributed by atoms with Crippen molar-refractivity contribution in [1.29, 1.82) is 0 Å². The fourth-order valence-corrected chi connectivity index (χ4v) is 4.58. The van der Waals surface area contributed by atoms with Crippen molar-refractivity contribution in [1.82, 2.24) is 14.8 Å². The number of benzene rings is 2. The van der Waals surface area contributed by atoms with Crippen molar-refractivity contribution in [2.45, 2.75) is 36.7 Å². The second kappa shape index (κ2) is 8.99. The molecule has 1 saturated heterocycles. The summed E-state index contributed by atoms with van der Waals surface area (Å²) in [5, 5.41) is 9.48. The fourth-order valence-electron chi connectivity index (χ4n) is 3.34. The first-order valence-electron chi connectivity index (χ1n) is 9.56. The van der Waals surface area contributed by atoms with Gasteiger partial charge in [0.05, 0.1) is 22.4 Å². The molecule has 4 rings (SSSR count). The number of thioether (sulfide) groups is 1. The summed E-state index contributed by atoms with van der Waals surface area (Å²) in [4.78, 5) is 0. The summed E-state index contributed by atoms with van der Waals surface area (Å²) in [6, 6.07) is 12.2. The van der Waals surface area contributed by atoms with Crippen LogP contribution in [-0.4, -0.2) is 33.2 Å². The molecule has 0 radical (unpaired) electrons. The van der Waals surface area contributed by atoms with Gasteiger partial charge in [-0.1, -0.05) is 41.6 Å². The molecule has 0 bridgehead atoms. The van der Waals surface area contributed by atoms with Crippen LogP contribution in [0.25, 0.3) is 17.1 Å². The van der Waals surface area contributed by atoms with Gasteiger partial charge in [-0.3, -0.25) is 4.57 Å². The second-order valence-electron chi connectivity index (χ2n) is 6.97. The average Bonchev–Trinajstić information content (AvgIpc) is 3.16. The number of hydrogen-bond acceptors (Lipinski definition) is 4. The highest BCUT2D eigenvalue weighted by atomic mass is 35.5. The Morgan fingerprint density at radius 2 is 1.93 bits per heavy atom. The number of aromatic nitrogens is 3. The quantitative estimate of drug-likeness (QED) is 0.427. The Morgan fingerprint density at radius 3 is 2.67 bits per heavy atom. The fraction of sp³-hybridized carbons (Fsp3) is 0.333. The number of halogens is 4. The molecule has 2 heterocycles. The highest BCUT2D eigenvalue weighted by Gasteiger charge is 2.31. The Balaban J connectivity index is 1.75. The molecule has 30 heavy (non-hydrogen) atoms. The standard InChI is InChI=1S/C21H19ClF3N3OS/c22-18-10-2-1-9-17(18)19-26-27-20(30-13-16-8-3-4-11-29-16)28(19)15-7-5-6-14(12-15)21(23,24)25/h1-2,5-7,9-10,12,16H,3-4,8,11,13H2/t16-/m0/s1. The predicted octanol–water partition coefficient (Wildman–Crippen LogP) is 6.27. The Morgan fingerprint density at radius 1 is 1.10 bits per heavy atom. The van der Waals surface area contributed by atoms with Gasteiger partial charge < -0.3 is 4.74 Å². The van der Waals surface area contributed by atoms with Crippen molar-refractivity contribution in [3.63, 3.8) is 0 Å². The van der Waals surface area contributed by atoms with Crippen LogP contribution in [0.3, 0.4) is 0 Å². The summed E-state index contributed by atoms with van der Waals surface area (Å²) in [7, 11) is 0. The lowest BCUT2D eigenvalue weighted by atomic mass is 10.1. The molecule has 2 aromatic carbocycles. The van der Waals surface area contributed by atoms with Crippen molar-refractivity contribution in [3.05, 3.63) is 59.1 Å². The number of alkyl halides is 3. The SMILES string of the molecule is FC(F)(F)c1cccc(-n2c(SC[C@@H]3CCCCO3)nnc2-c2ccccc2Cl)c1. The maximum Gasteiger partial charge on any atom is 0.416 e. The zero-order valence-electron chi connectivity index (χ0n) is 15.9. The molecule has 0 aliphatic carbocycles. The van der Waals surface area contributed by atoms with Crippen LogP contribution >= 0.6 is 23.4 Å². The van der Waals surface area contributed by atoms with Crippen LogP contribution in [0, 0.1) is 0 Å². The highest BCUT2D eigenvalue weighted by molar-refractivity contribution is 7.99. The van der Waals surface area contributed by atoms with Crippen molar-refractivity contribution in [2.24, 2.45) is 0 Å². The molecule has 4 nitrogen and oxygen atoms in total. The molecule has 1 aromatic heterocycles. The first-order chi connectivity index (χ1) is 14.4. The maximum absolute atomic E-state index is 13.3. The molecular weight excluding hydrogens is 435 g/mol. The smallest absolute Gasteiger partial charge is 0.377 e. The van der Waals surface area contributed by atoms with E-state index in [-0.39, 0.29) is 6.10 Å². The molecule has 0 spiro atoms. The van der Waals surface area contributed by atoms with Gasteiger partial charge in [-0.15, -0.1) is 10.2 Å². The lowest BCUT2D eigenvalue weighted by molar-refractivity contribution is -0.137. The first-order valence-corrected chi connectivity index (χ1v) is 10.9. The second-order valence-corrected chi connectivity index (χ2v) is 8.36. The minimum Gasteiger partial charge on any atom is -0.377 e. The lowest BCUT2D eigenvalue weighted by Gasteiger charge is -2.22. The highest BCUT2D eigenvalue weighted by Crippen LogP contribution is 2.35.